The Hall–Kier alpha value is -1.38. The summed E-state index contributed by atoms with van der Waals surface area (Å²) < 4.78 is 13.5. The van der Waals surface area contributed by atoms with E-state index in [9.17, 15) is 4.39 Å². The summed E-state index contributed by atoms with van der Waals surface area (Å²) in [7, 11) is 1.88. The fourth-order valence-corrected chi connectivity index (χ4v) is 2.59. The van der Waals surface area contributed by atoms with Crippen molar-refractivity contribution in [3.05, 3.63) is 69.5 Å². The lowest BCUT2D eigenvalue weighted by Gasteiger charge is -2.21. The summed E-state index contributed by atoms with van der Waals surface area (Å²) in [6, 6.07) is 10.6. The van der Waals surface area contributed by atoms with Crippen molar-refractivity contribution in [3.63, 3.8) is 0 Å². The zero-order valence-corrected chi connectivity index (χ0v) is 12.1. The molecule has 1 unspecified atom stereocenters. The average molecular weight is 278 g/mol. The molecule has 0 aromatic heterocycles. The van der Waals surface area contributed by atoms with Gasteiger partial charge < -0.3 is 5.32 Å². The second-order valence-corrected chi connectivity index (χ2v) is 5.16. The molecule has 0 saturated carbocycles. The van der Waals surface area contributed by atoms with Crippen LogP contribution >= 0.6 is 11.6 Å². The Kier molecular flexibility index (Phi) is 4.23. The van der Waals surface area contributed by atoms with Gasteiger partial charge in [0.05, 0.1) is 6.04 Å². The third kappa shape index (κ3) is 2.96. The fourth-order valence-electron chi connectivity index (χ4n) is 2.36. The molecule has 1 N–H and O–H groups in total. The number of rotatable bonds is 3. The van der Waals surface area contributed by atoms with E-state index in [2.05, 4.69) is 5.32 Å². The van der Waals surface area contributed by atoms with E-state index in [0.717, 1.165) is 22.3 Å². The zero-order chi connectivity index (χ0) is 14.0. The van der Waals surface area contributed by atoms with Gasteiger partial charge in [-0.1, -0.05) is 23.7 Å². The van der Waals surface area contributed by atoms with E-state index in [0.29, 0.717) is 5.02 Å². The molecule has 100 valence electrons. The molecule has 0 aliphatic rings. The van der Waals surface area contributed by atoms with Gasteiger partial charge >= 0.3 is 0 Å². The molecule has 0 radical (unpaired) electrons. The summed E-state index contributed by atoms with van der Waals surface area (Å²) in [6.45, 7) is 4.00. The van der Waals surface area contributed by atoms with Gasteiger partial charge in [-0.25, -0.2) is 4.39 Å². The van der Waals surface area contributed by atoms with Crippen LogP contribution in [0.15, 0.2) is 36.4 Å². The predicted molar refractivity (Wildman–Crippen MR) is 78.2 cm³/mol. The monoisotopic (exact) mass is 277 g/mol. The molecule has 19 heavy (non-hydrogen) atoms. The molecular formula is C16H17ClFN. The molecule has 0 spiro atoms. The van der Waals surface area contributed by atoms with Gasteiger partial charge in [0.1, 0.15) is 5.82 Å². The van der Waals surface area contributed by atoms with E-state index < -0.39 is 0 Å². The molecule has 2 aromatic carbocycles. The topological polar surface area (TPSA) is 12.0 Å². The minimum absolute atomic E-state index is 0.0343. The Labute approximate surface area is 118 Å². The van der Waals surface area contributed by atoms with Crippen molar-refractivity contribution in [3.8, 4) is 0 Å². The SMILES string of the molecule is CNC(c1ccc(Cl)cc1C)c1cc(F)ccc1C. The first-order chi connectivity index (χ1) is 9.02. The number of benzene rings is 2. The van der Waals surface area contributed by atoms with Crippen LogP contribution in [0.3, 0.4) is 0 Å². The minimum atomic E-state index is -0.215. The van der Waals surface area contributed by atoms with Crippen molar-refractivity contribution < 1.29 is 4.39 Å². The van der Waals surface area contributed by atoms with Crippen LogP contribution < -0.4 is 5.32 Å². The molecule has 0 bridgehead atoms. The molecule has 0 amide bonds. The fraction of sp³-hybridized carbons (Fsp3) is 0.250. The van der Waals surface area contributed by atoms with Gasteiger partial charge in [-0.15, -0.1) is 0 Å². The largest absolute Gasteiger partial charge is 0.309 e. The summed E-state index contributed by atoms with van der Waals surface area (Å²) in [5.74, 6) is -0.215. The lowest BCUT2D eigenvalue weighted by molar-refractivity contribution is 0.614. The van der Waals surface area contributed by atoms with E-state index in [1.165, 1.54) is 6.07 Å². The maximum Gasteiger partial charge on any atom is 0.123 e. The van der Waals surface area contributed by atoms with Crippen LogP contribution in [0.25, 0.3) is 0 Å². The van der Waals surface area contributed by atoms with Crippen molar-refractivity contribution in [1.29, 1.82) is 0 Å². The van der Waals surface area contributed by atoms with Crippen molar-refractivity contribution in [2.45, 2.75) is 19.9 Å². The summed E-state index contributed by atoms with van der Waals surface area (Å²) in [5, 5.41) is 3.97. The van der Waals surface area contributed by atoms with Crippen molar-refractivity contribution in [2.75, 3.05) is 7.05 Å². The quantitative estimate of drug-likeness (QED) is 0.876. The van der Waals surface area contributed by atoms with Gasteiger partial charge in [-0.2, -0.15) is 0 Å². The predicted octanol–water partition coefficient (Wildman–Crippen LogP) is 4.40. The molecule has 0 fully saturated rings. The number of hydrogen-bond donors (Lipinski definition) is 1. The van der Waals surface area contributed by atoms with Gasteiger partial charge in [-0.3, -0.25) is 0 Å². The van der Waals surface area contributed by atoms with Gasteiger partial charge in [0.2, 0.25) is 0 Å². The van der Waals surface area contributed by atoms with Gasteiger partial charge in [0.25, 0.3) is 0 Å². The van der Waals surface area contributed by atoms with Gasteiger partial charge in [-0.05, 0) is 67.4 Å². The van der Waals surface area contributed by atoms with E-state index in [1.54, 1.807) is 12.1 Å². The van der Waals surface area contributed by atoms with Gasteiger partial charge in [0.15, 0.2) is 0 Å². The molecule has 2 rings (SSSR count). The van der Waals surface area contributed by atoms with E-state index >= 15 is 0 Å². The van der Waals surface area contributed by atoms with E-state index in [1.807, 2.05) is 39.1 Å². The normalized spacial score (nSPS) is 12.5. The lowest BCUT2D eigenvalue weighted by atomic mass is 9.92. The van der Waals surface area contributed by atoms with Crippen LogP contribution in [-0.4, -0.2) is 7.05 Å². The molecule has 1 nitrogen and oxygen atoms in total. The van der Waals surface area contributed by atoms with Crippen LogP contribution in [0.2, 0.25) is 5.02 Å². The average Bonchev–Trinajstić information content (AvgIpc) is 2.36. The molecular weight excluding hydrogens is 261 g/mol. The van der Waals surface area contributed by atoms with E-state index in [4.69, 9.17) is 11.6 Å². The number of aryl methyl sites for hydroxylation is 2. The summed E-state index contributed by atoms with van der Waals surface area (Å²) in [6.07, 6.45) is 0. The second-order valence-electron chi connectivity index (χ2n) is 4.72. The molecule has 3 heteroatoms. The van der Waals surface area contributed by atoms with Crippen LogP contribution in [0.5, 0.6) is 0 Å². The molecule has 2 aromatic rings. The highest BCUT2D eigenvalue weighted by Crippen LogP contribution is 2.29. The number of halogens is 2. The standard InChI is InChI=1S/C16H17ClFN/c1-10-4-6-13(18)9-15(10)16(19-3)14-7-5-12(17)8-11(14)2/h4-9,16,19H,1-3H3. The third-order valence-corrected chi connectivity index (χ3v) is 3.62. The summed E-state index contributed by atoms with van der Waals surface area (Å²) in [5.41, 5.74) is 4.22. The molecule has 0 aliphatic heterocycles. The Morgan fingerprint density at radius 3 is 2.37 bits per heavy atom. The second kappa shape index (κ2) is 5.72. The smallest absolute Gasteiger partial charge is 0.123 e. The lowest BCUT2D eigenvalue weighted by Crippen LogP contribution is -2.19. The Morgan fingerprint density at radius 1 is 1.00 bits per heavy atom. The van der Waals surface area contributed by atoms with Crippen LogP contribution in [-0.2, 0) is 0 Å². The highest BCUT2D eigenvalue weighted by atomic mass is 35.5. The number of hydrogen-bond acceptors (Lipinski definition) is 1. The van der Waals surface area contributed by atoms with Crippen LogP contribution in [0.4, 0.5) is 4.39 Å². The third-order valence-electron chi connectivity index (χ3n) is 3.38. The van der Waals surface area contributed by atoms with Crippen molar-refractivity contribution >= 4 is 11.6 Å². The van der Waals surface area contributed by atoms with Gasteiger partial charge in [0, 0.05) is 5.02 Å². The Bertz CT molecular complexity index is 595. The first-order valence-corrected chi connectivity index (χ1v) is 6.60. The maximum atomic E-state index is 13.5. The highest BCUT2D eigenvalue weighted by Gasteiger charge is 2.17. The highest BCUT2D eigenvalue weighted by molar-refractivity contribution is 6.30. The first kappa shape index (κ1) is 14.0. The van der Waals surface area contributed by atoms with Crippen molar-refractivity contribution in [2.24, 2.45) is 0 Å². The molecule has 0 saturated heterocycles. The van der Waals surface area contributed by atoms with Crippen LogP contribution in [0.1, 0.15) is 28.3 Å². The summed E-state index contributed by atoms with van der Waals surface area (Å²) in [4.78, 5) is 0. The Morgan fingerprint density at radius 2 is 1.74 bits per heavy atom. The van der Waals surface area contributed by atoms with Crippen LogP contribution in [0, 0.1) is 19.7 Å². The zero-order valence-electron chi connectivity index (χ0n) is 11.3. The molecule has 0 aliphatic carbocycles. The minimum Gasteiger partial charge on any atom is -0.309 e. The van der Waals surface area contributed by atoms with E-state index in [-0.39, 0.29) is 11.9 Å². The Balaban J connectivity index is 2.52. The first-order valence-electron chi connectivity index (χ1n) is 6.22. The molecule has 0 heterocycles. The summed E-state index contributed by atoms with van der Waals surface area (Å²) >= 11 is 5.99. The number of nitrogens with one attached hydrogen (secondary N) is 1. The molecule has 1 atom stereocenters. The maximum absolute atomic E-state index is 13.5. The van der Waals surface area contributed by atoms with Crippen molar-refractivity contribution in [1.82, 2.24) is 5.32 Å².